The lowest BCUT2D eigenvalue weighted by atomic mass is 9.86. The molecule has 0 atom stereocenters. The Kier molecular flexibility index (Phi) is 6.15. The smallest absolute Gasteiger partial charge is 0.222 e. The first-order chi connectivity index (χ1) is 12.1. The van der Waals surface area contributed by atoms with Gasteiger partial charge in [-0.25, -0.2) is 8.42 Å². The standard InChI is InChI=1S/C20H29NO3S/c22-20(12-11-17-7-3-1-4-8-17)21-15-13-19(14-16-21)25(23,24)18-9-5-2-6-10-18/h2,5-6,9-10,17,19H,1,3-4,7-8,11-16H2. The summed E-state index contributed by atoms with van der Waals surface area (Å²) >= 11 is 0. The molecule has 0 radical (unpaired) electrons. The summed E-state index contributed by atoms with van der Waals surface area (Å²) in [5.74, 6) is 0.926. The summed E-state index contributed by atoms with van der Waals surface area (Å²) in [4.78, 5) is 14.7. The number of amides is 1. The number of benzene rings is 1. The fourth-order valence-corrected chi connectivity index (χ4v) is 5.93. The Hall–Kier alpha value is -1.36. The molecule has 1 amide bonds. The van der Waals surface area contributed by atoms with E-state index in [1.54, 1.807) is 24.3 Å². The molecule has 1 heterocycles. The maximum atomic E-state index is 12.7. The third-order valence-corrected chi connectivity index (χ3v) is 8.07. The van der Waals surface area contributed by atoms with Crippen molar-refractivity contribution in [2.24, 2.45) is 5.92 Å². The molecule has 4 nitrogen and oxygen atoms in total. The molecule has 0 bridgehead atoms. The number of piperidine rings is 1. The molecule has 0 spiro atoms. The molecule has 138 valence electrons. The molecule has 25 heavy (non-hydrogen) atoms. The molecule has 1 aliphatic heterocycles. The van der Waals surface area contributed by atoms with Gasteiger partial charge < -0.3 is 4.90 Å². The number of rotatable bonds is 5. The molecule has 0 unspecified atom stereocenters. The lowest BCUT2D eigenvalue weighted by Gasteiger charge is -2.32. The minimum Gasteiger partial charge on any atom is -0.343 e. The number of nitrogens with zero attached hydrogens (tertiary/aromatic N) is 1. The van der Waals surface area contributed by atoms with Crippen molar-refractivity contribution in [3.63, 3.8) is 0 Å². The van der Waals surface area contributed by atoms with Crippen LogP contribution in [-0.4, -0.2) is 37.6 Å². The van der Waals surface area contributed by atoms with Gasteiger partial charge in [-0.1, -0.05) is 50.3 Å². The van der Waals surface area contributed by atoms with Gasteiger partial charge in [-0.3, -0.25) is 4.79 Å². The predicted octanol–water partition coefficient (Wildman–Crippen LogP) is 3.81. The molecule has 1 aromatic carbocycles. The van der Waals surface area contributed by atoms with Crippen LogP contribution in [0.15, 0.2) is 35.2 Å². The first kappa shape index (κ1) is 18.4. The van der Waals surface area contributed by atoms with Gasteiger partial charge in [-0.15, -0.1) is 0 Å². The van der Waals surface area contributed by atoms with Crippen LogP contribution in [0.25, 0.3) is 0 Å². The highest BCUT2D eigenvalue weighted by Crippen LogP contribution is 2.28. The highest BCUT2D eigenvalue weighted by Gasteiger charge is 2.32. The van der Waals surface area contributed by atoms with Gasteiger partial charge in [0.2, 0.25) is 5.91 Å². The molecular weight excluding hydrogens is 334 g/mol. The van der Waals surface area contributed by atoms with E-state index in [1.807, 2.05) is 11.0 Å². The van der Waals surface area contributed by atoms with Crippen molar-refractivity contribution in [3.05, 3.63) is 30.3 Å². The quantitative estimate of drug-likeness (QED) is 0.799. The highest BCUT2D eigenvalue weighted by atomic mass is 32.2. The van der Waals surface area contributed by atoms with E-state index < -0.39 is 9.84 Å². The zero-order chi connectivity index (χ0) is 17.7. The number of carbonyl (C=O) groups excluding carboxylic acids is 1. The summed E-state index contributed by atoms with van der Waals surface area (Å²) in [5, 5.41) is -0.364. The summed E-state index contributed by atoms with van der Waals surface area (Å²) in [6, 6.07) is 8.67. The normalized spacial score (nSPS) is 20.6. The van der Waals surface area contributed by atoms with Crippen LogP contribution in [0.2, 0.25) is 0 Å². The Morgan fingerprint density at radius 3 is 2.24 bits per heavy atom. The average molecular weight is 364 g/mol. The van der Waals surface area contributed by atoms with Crippen molar-refractivity contribution in [3.8, 4) is 0 Å². The first-order valence-electron chi connectivity index (χ1n) is 9.64. The van der Waals surface area contributed by atoms with Gasteiger partial charge in [0, 0.05) is 19.5 Å². The summed E-state index contributed by atoms with van der Waals surface area (Å²) < 4.78 is 25.4. The Labute approximate surface area is 151 Å². The van der Waals surface area contributed by atoms with Crippen molar-refractivity contribution >= 4 is 15.7 Å². The topological polar surface area (TPSA) is 54.5 Å². The third kappa shape index (κ3) is 4.63. The average Bonchev–Trinajstić information content (AvgIpc) is 2.68. The molecule has 3 rings (SSSR count). The van der Waals surface area contributed by atoms with Crippen LogP contribution in [0.4, 0.5) is 0 Å². The second-order valence-corrected chi connectivity index (χ2v) is 9.71. The van der Waals surface area contributed by atoms with Crippen LogP contribution in [0, 0.1) is 5.92 Å². The molecule has 1 saturated carbocycles. The van der Waals surface area contributed by atoms with E-state index in [4.69, 9.17) is 0 Å². The second kappa shape index (κ2) is 8.35. The van der Waals surface area contributed by atoms with Crippen LogP contribution in [0.1, 0.15) is 57.8 Å². The molecule has 1 aromatic rings. The molecule has 2 fully saturated rings. The molecular formula is C20H29NO3S. The number of hydrogen-bond donors (Lipinski definition) is 0. The number of sulfone groups is 1. The zero-order valence-electron chi connectivity index (χ0n) is 14.9. The van der Waals surface area contributed by atoms with Crippen LogP contribution in [0.3, 0.4) is 0 Å². The van der Waals surface area contributed by atoms with E-state index in [0.717, 1.165) is 6.42 Å². The van der Waals surface area contributed by atoms with Crippen molar-refractivity contribution in [2.75, 3.05) is 13.1 Å². The van der Waals surface area contributed by atoms with Gasteiger partial charge in [0.05, 0.1) is 10.1 Å². The van der Waals surface area contributed by atoms with Crippen LogP contribution < -0.4 is 0 Å². The fraction of sp³-hybridized carbons (Fsp3) is 0.650. The predicted molar refractivity (Wildman–Crippen MR) is 99.0 cm³/mol. The van der Waals surface area contributed by atoms with Gasteiger partial charge in [-0.2, -0.15) is 0 Å². The Bertz CT molecular complexity index is 657. The SMILES string of the molecule is O=C(CCC1CCCCC1)N1CCC(S(=O)(=O)c2ccccc2)CC1. The Morgan fingerprint density at radius 2 is 1.60 bits per heavy atom. The second-order valence-electron chi connectivity index (χ2n) is 7.48. The molecule has 5 heteroatoms. The van der Waals surface area contributed by atoms with E-state index >= 15 is 0 Å². The van der Waals surface area contributed by atoms with Gasteiger partial charge in [0.25, 0.3) is 0 Å². The van der Waals surface area contributed by atoms with E-state index in [9.17, 15) is 13.2 Å². The number of carbonyl (C=O) groups is 1. The maximum absolute atomic E-state index is 12.7. The van der Waals surface area contributed by atoms with E-state index in [2.05, 4.69) is 0 Å². The third-order valence-electron chi connectivity index (χ3n) is 5.80. The van der Waals surface area contributed by atoms with E-state index in [0.29, 0.717) is 43.2 Å². The fourth-order valence-electron chi connectivity index (χ4n) is 4.18. The zero-order valence-corrected chi connectivity index (χ0v) is 15.7. The van der Waals surface area contributed by atoms with E-state index in [1.165, 1.54) is 32.1 Å². The summed E-state index contributed by atoms with van der Waals surface area (Å²) in [6.07, 6.45) is 9.22. The molecule has 0 N–H and O–H groups in total. The minimum absolute atomic E-state index is 0.209. The molecule has 1 saturated heterocycles. The summed E-state index contributed by atoms with van der Waals surface area (Å²) in [7, 11) is -3.28. The largest absolute Gasteiger partial charge is 0.343 e. The minimum atomic E-state index is -3.28. The van der Waals surface area contributed by atoms with Crippen molar-refractivity contribution in [1.29, 1.82) is 0 Å². The Morgan fingerprint density at radius 1 is 0.960 bits per heavy atom. The van der Waals surface area contributed by atoms with Crippen LogP contribution in [-0.2, 0) is 14.6 Å². The van der Waals surface area contributed by atoms with Crippen LogP contribution >= 0.6 is 0 Å². The highest BCUT2D eigenvalue weighted by molar-refractivity contribution is 7.92. The lowest BCUT2D eigenvalue weighted by molar-refractivity contribution is -0.132. The summed E-state index contributed by atoms with van der Waals surface area (Å²) in [5.41, 5.74) is 0. The van der Waals surface area contributed by atoms with Crippen molar-refractivity contribution < 1.29 is 13.2 Å². The number of likely N-dealkylation sites (tertiary alicyclic amines) is 1. The van der Waals surface area contributed by atoms with Crippen molar-refractivity contribution in [2.45, 2.75) is 67.9 Å². The van der Waals surface area contributed by atoms with Gasteiger partial charge in [0.15, 0.2) is 9.84 Å². The lowest BCUT2D eigenvalue weighted by Crippen LogP contribution is -2.42. The number of hydrogen-bond acceptors (Lipinski definition) is 3. The first-order valence-corrected chi connectivity index (χ1v) is 11.2. The van der Waals surface area contributed by atoms with E-state index in [-0.39, 0.29) is 11.2 Å². The molecule has 1 aliphatic carbocycles. The monoisotopic (exact) mass is 363 g/mol. The van der Waals surface area contributed by atoms with Crippen LogP contribution in [0.5, 0.6) is 0 Å². The maximum Gasteiger partial charge on any atom is 0.222 e. The van der Waals surface area contributed by atoms with Crippen molar-refractivity contribution in [1.82, 2.24) is 4.90 Å². The van der Waals surface area contributed by atoms with Gasteiger partial charge >= 0.3 is 0 Å². The Balaban J connectivity index is 1.49. The van der Waals surface area contributed by atoms with Gasteiger partial charge in [-0.05, 0) is 37.3 Å². The summed E-state index contributed by atoms with van der Waals surface area (Å²) in [6.45, 7) is 1.14. The van der Waals surface area contributed by atoms with Gasteiger partial charge in [0.1, 0.15) is 0 Å². The molecule has 2 aliphatic rings. The molecule has 0 aromatic heterocycles.